The molecule has 2 aromatic carbocycles. The number of hydrogen-bond donors (Lipinski definition) is 0. The Hall–Kier alpha value is -1.47. The molecule has 0 aromatic heterocycles. The highest BCUT2D eigenvalue weighted by Gasteiger charge is 2.05. The molecule has 0 aliphatic carbocycles. The van der Waals surface area contributed by atoms with Crippen LogP contribution in [0, 0.1) is 6.92 Å². The van der Waals surface area contributed by atoms with Gasteiger partial charge in [-0.3, -0.25) is 0 Å². The highest BCUT2D eigenvalue weighted by atomic mass is 35.5. The number of hydrogen-bond acceptors (Lipinski definition) is 1. The lowest BCUT2D eigenvalue weighted by Crippen LogP contribution is -1.91. The van der Waals surface area contributed by atoms with Gasteiger partial charge in [-0.15, -0.1) is 11.6 Å². The average Bonchev–Trinajstić information content (AvgIpc) is 2.41. The first-order valence-electron chi connectivity index (χ1n) is 6.15. The van der Waals surface area contributed by atoms with Crippen LogP contribution >= 0.6 is 11.6 Å². The maximum atomic E-state index is 5.95. The van der Waals surface area contributed by atoms with Crippen molar-refractivity contribution < 1.29 is 4.74 Å². The second kappa shape index (κ2) is 5.92. The van der Waals surface area contributed by atoms with Gasteiger partial charge in [-0.2, -0.15) is 0 Å². The zero-order chi connectivity index (χ0) is 13.0. The number of benzene rings is 2. The molecule has 0 fully saturated rings. The zero-order valence-corrected chi connectivity index (χ0v) is 11.5. The predicted molar refractivity (Wildman–Crippen MR) is 76.6 cm³/mol. The van der Waals surface area contributed by atoms with Gasteiger partial charge in [0.25, 0.3) is 0 Å². The van der Waals surface area contributed by atoms with Crippen molar-refractivity contribution >= 4 is 11.6 Å². The van der Waals surface area contributed by atoms with Crippen molar-refractivity contribution in [2.24, 2.45) is 0 Å². The molecular weight excluding hydrogens is 244 g/mol. The van der Waals surface area contributed by atoms with Crippen molar-refractivity contribution in [3.05, 3.63) is 59.2 Å². The third-order valence-corrected chi connectivity index (χ3v) is 3.18. The van der Waals surface area contributed by atoms with Crippen molar-refractivity contribution in [1.29, 1.82) is 0 Å². The van der Waals surface area contributed by atoms with Gasteiger partial charge in [0.05, 0.1) is 5.88 Å². The number of ether oxygens (including phenoxy) is 1. The Morgan fingerprint density at radius 1 is 1.11 bits per heavy atom. The molecule has 2 rings (SSSR count). The fourth-order valence-corrected chi connectivity index (χ4v) is 2.08. The second-order valence-electron chi connectivity index (χ2n) is 4.35. The minimum atomic E-state index is 0.463. The molecule has 0 spiro atoms. The van der Waals surface area contributed by atoms with Crippen LogP contribution in [-0.4, -0.2) is 0 Å². The Kier molecular flexibility index (Phi) is 4.27. The lowest BCUT2D eigenvalue weighted by atomic mass is 10.1. The molecule has 0 bridgehead atoms. The van der Waals surface area contributed by atoms with E-state index in [4.69, 9.17) is 16.3 Å². The number of rotatable bonds is 4. The number of alkyl halides is 1. The van der Waals surface area contributed by atoms with E-state index in [2.05, 4.69) is 32.0 Å². The van der Waals surface area contributed by atoms with Crippen molar-refractivity contribution in [1.82, 2.24) is 0 Å². The highest BCUT2D eigenvalue weighted by molar-refractivity contribution is 6.17. The highest BCUT2D eigenvalue weighted by Crippen LogP contribution is 2.28. The van der Waals surface area contributed by atoms with Gasteiger partial charge in [-0.05, 0) is 37.1 Å². The van der Waals surface area contributed by atoms with E-state index in [-0.39, 0.29) is 0 Å². The van der Waals surface area contributed by atoms with Crippen LogP contribution < -0.4 is 4.74 Å². The van der Waals surface area contributed by atoms with E-state index in [1.54, 1.807) is 0 Å². The summed E-state index contributed by atoms with van der Waals surface area (Å²) < 4.78 is 5.91. The van der Waals surface area contributed by atoms with E-state index < -0.39 is 0 Å². The Morgan fingerprint density at radius 2 is 1.94 bits per heavy atom. The standard InChI is InChI=1S/C16H17ClO/c1-3-13-5-4-6-15(10-13)18-16-8-7-12(2)9-14(16)11-17/h4-10H,3,11H2,1-2H3. The molecule has 94 valence electrons. The van der Waals surface area contributed by atoms with E-state index >= 15 is 0 Å². The molecule has 0 atom stereocenters. The Labute approximate surface area is 113 Å². The Morgan fingerprint density at radius 3 is 2.67 bits per heavy atom. The topological polar surface area (TPSA) is 9.23 Å². The van der Waals surface area contributed by atoms with Gasteiger partial charge in [0.2, 0.25) is 0 Å². The number of aryl methyl sites for hydroxylation is 2. The number of halogens is 1. The second-order valence-corrected chi connectivity index (χ2v) is 4.62. The lowest BCUT2D eigenvalue weighted by Gasteiger charge is -2.11. The van der Waals surface area contributed by atoms with Crippen molar-refractivity contribution in [2.75, 3.05) is 0 Å². The molecule has 0 radical (unpaired) electrons. The maximum Gasteiger partial charge on any atom is 0.131 e. The molecule has 18 heavy (non-hydrogen) atoms. The third-order valence-electron chi connectivity index (χ3n) is 2.89. The fourth-order valence-electron chi connectivity index (χ4n) is 1.87. The van der Waals surface area contributed by atoms with Gasteiger partial charge in [-0.25, -0.2) is 0 Å². The van der Waals surface area contributed by atoms with E-state index in [1.807, 2.05) is 24.3 Å². The Bertz CT molecular complexity index is 534. The molecule has 0 saturated carbocycles. The molecule has 0 aliphatic rings. The van der Waals surface area contributed by atoms with Crippen molar-refractivity contribution in [2.45, 2.75) is 26.1 Å². The molecule has 2 aromatic rings. The summed E-state index contributed by atoms with van der Waals surface area (Å²) in [4.78, 5) is 0. The first-order chi connectivity index (χ1) is 8.72. The molecule has 0 aliphatic heterocycles. The van der Waals surface area contributed by atoms with Gasteiger partial charge in [0.1, 0.15) is 11.5 Å². The van der Waals surface area contributed by atoms with E-state index in [0.717, 1.165) is 23.5 Å². The summed E-state index contributed by atoms with van der Waals surface area (Å²) in [5, 5.41) is 0. The van der Waals surface area contributed by atoms with Crippen LogP contribution in [0.15, 0.2) is 42.5 Å². The summed E-state index contributed by atoms with van der Waals surface area (Å²) in [6, 6.07) is 14.2. The molecular formula is C16H17ClO. The third kappa shape index (κ3) is 3.05. The zero-order valence-electron chi connectivity index (χ0n) is 10.7. The van der Waals surface area contributed by atoms with Crippen molar-refractivity contribution in [3.63, 3.8) is 0 Å². The lowest BCUT2D eigenvalue weighted by molar-refractivity contribution is 0.477. The molecule has 2 heteroatoms. The van der Waals surface area contributed by atoms with E-state index in [0.29, 0.717) is 5.88 Å². The van der Waals surface area contributed by atoms with Gasteiger partial charge in [0.15, 0.2) is 0 Å². The van der Waals surface area contributed by atoms with Gasteiger partial charge < -0.3 is 4.74 Å². The molecule has 0 saturated heterocycles. The largest absolute Gasteiger partial charge is 0.457 e. The van der Waals surface area contributed by atoms with Crippen LogP contribution in [0.5, 0.6) is 11.5 Å². The first kappa shape index (κ1) is 13.0. The van der Waals surface area contributed by atoms with Gasteiger partial charge >= 0.3 is 0 Å². The summed E-state index contributed by atoms with van der Waals surface area (Å²) in [6.07, 6.45) is 1.01. The minimum absolute atomic E-state index is 0.463. The van der Waals surface area contributed by atoms with Crippen molar-refractivity contribution in [3.8, 4) is 11.5 Å². The SMILES string of the molecule is CCc1cccc(Oc2ccc(C)cc2CCl)c1. The maximum absolute atomic E-state index is 5.95. The van der Waals surface area contributed by atoms with Gasteiger partial charge in [-0.1, -0.05) is 36.8 Å². The summed E-state index contributed by atoms with van der Waals surface area (Å²) in [7, 11) is 0. The molecule has 0 unspecified atom stereocenters. The Balaban J connectivity index is 2.27. The molecule has 0 amide bonds. The monoisotopic (exact) mass is 260 g/mol. The normalized spacial score (nSPS) is 10.4. The average molecular weight is 261 g/mol. The molecule has 0 heterocycles. The van der Waals surface area contributed by atoms with E-state index in [1.165, 1.54) is 11.1 Å². The quantitative estimate of drug-likeness (QED) is 0.696. The van der Waals surface area contributed by atoms with Crippen LogP contribution in [0.4, 0.5) is 0 Å². The van der Waals surface area contributed by atoms with E-state index in [9.17, 15) is 0 Å². The van der Waals surface area contributed by atoms with Gasteiger partial charge in [0, 0.05) is 5.56 Å². The van der Waals surface area contributed by atoms with Crippen LogP contribution in [-0.2, 0) is 12.3 Å². The minimum Gasteiger partial charge on any atom is -0.457 e. The van der Waals surface area contributed by atoms with Crippen LogP contribution in [0.2, 0.25) is 0 Å². The summed E-state index contributed by atoms with van der Waals surface area (Å²) in [6.45, 7) is 4.19. The fraction of sp³-hybridized carbons (Fsp3) is 0.250. The summed E-state index contributed by atoms with van der Waals surface area (Å²) in [5.41, 5.74) is 3.49. The van der Waals surface area contributed by atoms with Crippen LogP contribution in [0.1, 0.15) is 23.6 Å². The smallest absolute Gasteiger partial charge is 0.131 e. The summed E-state index contributed by atoms with van der Waals surface area (Å²) in [5.74, 6) is 2.17. The summed E-state index contributed by atoms with van der Waals surface area (Å²) >= 11 is 5.95. The van der Waals surface area contributed by atoms with Crippen LogP contribution in [0.25, 0.3) is 0 Å². The molecule has 1 nitrogen and oxygen atoms in total. The van der Waals surface area contributed by atoms with Crippen LogP contribution in [0.3, 0.4) is 0 Å². The first-order valence-corrected chi connectivity index (χ1v) is 6.68. The molecule has 0 N–H and O–H groups in total. The predicted octanol–water partition coefficient (Wildman–Crippen LogP) is 5.09.